The molecule has 1 amide bonds. The van der Waals surface area contributed by atoms with Crippen LogP contribution < -0.4 is 0 Å². The maximum absolute atomic E-state index is 12.3. The number of carboxylic acids is 1. The lowest BCUT2D eigenvalue weighted by Gasteiger charge is -2.31. The van der Waals surface area contributed by atoms with Crippen LogP contribution in [-0.4, -0.2) is 28.4 Å². The van der Waals surface area contributed by atoms with E-state index in [-0.39, 0.29) is 11.9 Å². The molecule has 1 aromatic carbocycles. The molecule has 1 N–H and O–H groups in total. The maximum Gasteiger partial charge on any atom is 0.315 e. The van der Waals surface area contributed by atoms with Crippen molar-refractivity contribution in [2.45, 2.75) is 33.2 Å². The fourth-order valence-electron chi connectivity index (χ4n) is 2.07. The van der Waals surface area contributed by atoms with Crippen molar-refractivity contribution in [2.24, 2.45) is 5.92 Å². The highest BCUT2D eigenvalue weighted by Crippen LogP contribution is 2.28. The van der Waals surface area contributed by atoms with Crippen LogP contribution in [0.4, 0.5) is 0 Å². The summed E-state index contributed by atoms with van der Waals surface area (Å²) in [6.07, 6.45) is 0.785. The van der Waals surface area contributed by atoms with Gasteiger partial charge in [0.2, 0.25) is 5.91 Å². The van der Waals surface area contributed by atoms with Gasteiger partial charge in [0.25, 0.3) is 0 Å². The van der Waals surface area contributed by atoms with Crippen molar-refractivity contribution in [3.63, 3.8) is 0 Å². The SMILES string of the molecule is CCCN(C(=O)C(C)C(=O)O)C(C)c1ccccc1Br. The van der Waals surface area contributed by atoms with Gasteiger partial charge in [-0.05, 0) is 31.9 Å². The molecule has 0 aliphatic heterocycles. The minimum absolute atomic E-state index is 0.167. The second-order valence-corrected chi connectivity index (χ2v) is 5.64. The molecule has 0 spiro atoms. The average molecular weight is 342 g/mol. The zero-order valence-electron chi connectivity index (χ0n) is 12.0. The lowest BCUT2D eigenvalue weighted by atomic mass is 10.0. The third kappa shape index (κ3) is 3.82. The molecule has 0 aromatic heterocycles. The predicted molar refractivity (Wildman–Crippen MR) is 81.4 cm³/mol. The molecule has 1 aromatic rings. The van der Waals surface area contributed by atoms with Crippen molar-refractivity contribution in [1.82, 2.24) is 4.90 Å². The van der Waals surface area contributed by atoms with Gasteiger partial charge in [-0.15, -0.1) is 0 Å². The van der Waals surface area contributed by atoms with E-state index in [9.17, 15) is 9.59 Å². The van der Waals surface area contributed by atoms with Crippen LogP contribution in [-0.2, 0) is 9.59 Å². The molecule has 0 saturated heterocycles. The molecule has 5 heteroatoms. The van der Waals surface area contributed by atoms with Crippen molar-refractivity contribution in [1.29, 1.82) is 0 Å². The van der Waals surface area contributed by atoms with Crippen LogP contribution in [0.25, 0.3) is 0 Å². The fraction of sp³-hybridized carbons (Fsp3) is 0.467. The van der Waals surface area contributed by atoms with Gasteiger partial charge in [-0.1, -0.05) is 41.1 Å². The minimum Gasteiger partial charge on any atom is -0.481 e. The molecule has 0 fully saturated rings. The van der Waals surface area contributed by atoms with Crippen LogP contribution >= 0.6 is 15.9 Å². The molecule has 110 valence electrons. The van der Waals surface area contributed by atoms with E-state index in [0.29, 0.717) is 6.54 Å². The van der Waals surface area contributed by atoms with Crippen LogP contribution in [0.5, 0.6) is 0 Å². The predicted octanol–water partition coefficient (Wildman–Crippen LogP) is 3.47. The van der Waals surface area contributed by atoms with E-state index in [1.807, 2.05) is 38.1 Å². The molecule has 0 bridgehead atoms. The number of hydrogen-bond donors (Lipinski definition) is 1. The van der Waals surface area contributed by atoms with Gasteiger partial charge in [0, 0.05) is 11.0 Å². The molecular weight excluding hydrogens is 322 g/mol. The smallest absolute Gasteiger partial charge is 0.315 e. The largest absolute Gasteiger partial charge is 0.481 e. The molecule has 0 radical (unpaired) electrons. The van der Waals surface area contributed by atoms with Gasteiger partial charge in [-0.25, -0.2) is 0 Å². The van der Waals surface area contributed by atoms with Crippen LogP contribution in [0.15, 0.2) is 28.7 Å². The molecule has 0 heterocycles. The summed E-state index contributed by atoms with van der Waals surface area (Å²) in [6.45, 7) is 5.86. The van der Waals surface area contributed by atoms with Crippen LogP contribution in [0.3, 0.4) is 0 Å². The Bertz CT molecular complexity index is 490. The monoisotopic (exact) mass is 341 g/mol. The summed E-state index contributed by atoms with van der Waals surface area (Å²) in [6, 6.07) is 7.51. The Labute approximate surface area is 127 Å². The van der Waals surface area contributed by atoms with E-state index in [2.05, 4.69) is 15.9 Å². The van der Waals surface area contributed by atoms with Gasteiger partial charge in [-0.2, -0.15) is 0 Å². The number of aliphatic carboxylic acids is 1. The highest BCUT2D eigenvalue weighted by atomic mass is 79.9. The Kier molecular flexibility index (Phi) is 6.20. The minimum atomic E-state index is -1.09. The summed E-state index contributed by atoms with van der Waals surface area (Å²) in [5.41, 5.74) is 0.979. The molecule has 20 heavy (non-hydrogen) atoms. The molecular formula is C15H20BrNO3. The highest BCUT2D eigenvalue weighted by molar-refractivity contribution is 9.10. The van der Waals surface area contributed by atoms with E-state index >= 15 is 0 Å². The molecule has 0 aliphatic carbocycles. The third-order valence-electron chi connectivity index (χ3n) is 3.31. The third-order valence-corrected chi connectivity index (χ3v) is 4.03. The van der Waals surface area contributed by atoms with E-state index in [4.69, 9.17) is 5.11 Å². The van der Waals surface area contributed by atoms with Crippen molar-refractivity contribution in [3.05, 3.63) is 34.3 Å². The number of benzene rings is 1. The van der Waals surface area contributed by atoms with Gasteiger partial charge in [0.05, 0.1) is 6.04 Å². The van der Waals surface area contributed by atoms with E-state index in [1.165, 1.54) is 6.92 Å². The van der Waals surface area contributed by atoms with E-state index in [1.54, 1.807) is 4.90 Å². The van der Waals surface area contributed by atoms with Gasteiger partial charge < -0.3 is 10.0 Å². The molecule has 0 saturated carbocycles. The van der Waals surface area contributed by atoms with E-state index in [0.717, 1.165) is 16.5 Å². The number of carbonyl (C=O) groups is 2. The van der Waals surface area contributed by atoms with Gasteiger partial charge in [-0.3, -0.25) is 9.59 Å². The summed E-state index contributed by atoms with van der Waals surface area (Å²) >= 11 is 3.48. The van der Waals surface area contributed by atoms with Crippen LogP contribution in [0.1, 0.15) is 38.8 Å². The first kappa shape index (κ1) is 16.7. The average Bonchev–Trinajstić information content (AvgIpc) is 2.43. The summed E-state index contributed by atoms with van der Waals surface area (Å²) in [4.78, 5) is 25.0. The number of nitrogens with zero attached hydrogens (tertiary/aromatic N) is 1. The summed E-state index contributed by atoms with van der Waals surface area (Å²) in [5.74, 6) is -2.45. The number of rotatable bonds is 6. The van der Waals surface area contributed by atoms with Gasteiger partial charge in [0.15, 0.2) is 0 Å². The number of amides is 1. The fourth-order valence-corrected chi connectivity index (χ4v) is 2.69. The van der Waals surface area contributed by atoms with E-state index < -0.39 is 11.9 Å². The van der Waals surface area contributed by atoms with Crippen molar-refractivity contribution in [2.75, 3.05) is 6.54 Å². The number of carboxylic acid groups (broad SMARTS) is 1. The Morgan fingerprint density at radius 1 is 1.30 bits per heavy atom. The zero-order valence-corrected chi connectivity index (χ0v) is 13.6. The summed E-state index contributed by atoms with van der Waals surface area (Å²) < 4.78 is 0.921. The first-order valence-corrected chi connectivity index (χ1v) is 7.47. The highest BCUT2D eigenvalue weighted by Gasteiger charge is 2.29. The number of carbonyl (C=O) groups excluding carboxylic acids is 1. The standard InChI is InChI=1S/C15H20BrNO3/c1-4-9-17(14(18)10(2)15(19)20)11(3)12-7-5-6-8-13(12)16/h5-8,10-11H,4,9H2,1-3H3,(H,19,20). The topological polar surface area (TPSA) is 57.6 Å². The maximum atomic E-state index is 12.3. The zero-order chi connectivity index (χ0) is 15.3. The molecule has 2 unspecified atom stereocenters. The van der Waals surface area contributed by atoms with Gasteiger partial charge in [0.1, 0.15) is 5.92 Å². The second kappa shape index (κ2) is 7.43. The Morgan fingerprint density at radius 2 is 1.90 bits per heavy atom. The van der Waals surface area contributed by atoms with Gasteiger partial charge >= 0.3 is 5.97 Å². The Hall–Kier alpha value is -1.36. The number of halogens is 1. The van der Waals surface area contributed by atoms with Crippen molar-refractivity contribution in [3.8, 4) is 0 Å². The summed E-state index contributed by atoms with van der Waals surface area (Å²) in [5, 5.41) is 9.02. The lowest BCUT2D eigenvalue weighted by Crippen LogP contribution is -2.40. The molecule has 2 atom stereocenters. The first-order valence-electron chi connectivity index (χ1n) is 6.67. The second-order valence-electron chi connectivity index (χ2n) is 4.79. The number of hydrogen-bond acceptors (Lipinski definition) is 2. The first-order chi connectivity index (χ1) is 9.40. The Balaban J connectivity index is 3.04. The lowest BCUT2D eigenvalue weighted by molar-refractivity contribution is -0.151. The Morgan fingerprint density at radius 3 is 2.40 bits per heavy atom. The quantitative estimate of drug-likeness (QED) is 0.806. The van der Waals surface area contributed by atoms with Crippen molar-refractivity contribution < 1.29 is 14.7 Å². The van der Waals surface area contributed by atoms with Crippen LogP contribution in [0.2, 0.25) is 0 Å². The molecule has 0 aliphatic rings. The van der Waals surface area contributed by atoms with Crippen LogP contribution in [0, 0.1) is 5.92 Å². The van der Waals surface area contributed by atoms with Crippen molar-refractivity contribution >= 4 is 27.8 Å². The normalized spacial score (nSPS) is 13.6. The molecule has 4 nitrogen and oxygen atoms in total. The molecule has 1 rings (SSSR count). The summed E-state index contributed by atoms with van der Waals surface area (Å²) in [7, 11) is 0.